The van der Waals surface area contributed by atoms with E-state index in [-0.39, 0.29) is 0 Å². The average molecular weight is 222 g/mol. The van der Waals surface area contributed by atoms with Crippen molar-refractivity contribution in [3.63, 3.8) is 0 Å². The topological polar surface area (TPSA) is 29.5 Å². The van der Waals surface area contributed by atoms with Gasteiger partial charge in [-0.1, -0.05) is 44.2 Å². The molecule has 2 nitrogen and oxygen atoms in total. The number of aliphatic hydroxyl groups excluding tert-OH is 1. The van der Waals surface area contributed by atoms with Gasteiger partial charge < -0.3 is 9.84 Å². The van der Waals surface area contributed by atoms with Crippen molar-refractivity contribution < 1.29 is 9.84 Å². The second-order valence-electron chi connectivity index (χ2n) is 4.54. The van der Waals surface area contributed by atoms with Gasteiger partial charge in [-0.3, -0.25) is 0 Å². The maximum absolute atomic E-state index is 9.80. The summed E-state index contributed by atoms with van der Waals surface area (Å²) >= 11 is 0. The molecule has 0 saturated carbocycles. The lowest BCUT2D eigenvalue weighted by atomic mass is 10.1. The van der Waals surface area contributed by atoms with E-state index in [0.717, 1.165) is 24.5 Å². The van der Waals surface area contributed by atoms with Crippen LogP contribution in [0.2, 0.25) is 0 Å². The van der Waals surface area contributed by atoms with Gasteiger partial charge in [-0.05, 0) is 24.3 Å². The first kappa shape index (κ1) is 13.2. The van der Waals surface area contributed by atoms with Gasteiger partial charge in [-0.2, -0.15) is 0 Å². The van der Waals surface area contributed by atoms with Crippen LogP contribution in [0.15, 0.2) is 30.3 Å². The molecule has 0 spiro atoms. The fourth-order valence-corrected chi connectivity index (χ4v) is 1.56. The van der Waals surface area contributed by atoms with Gasteiger partial charge in [0, 0.05) is 6.61 Å². The molecule has 1 unspecified atom stereocenters. The lowest BCUT2D eigenvalue weighted by Gasteiger charge is -2.11. The Morgan fingerprint density at radius 3 is 2.50 bits per heavy atom. The third-order valence-corrected chi connectivity index (χ3v) is 2.53. The van der Waals surface area contributed by atoms with Crippen molar-refractivity contribution in [2.45, 2.75) is 32.8 Å². The summed E-state index contributed by atoms with van der Waals surface area (Å²) in [6, 6.07) is 9.64. The van der Waals surface area contributed by atoms with Crippen molar-refractivity contribution in [1.82, 2.24) is 0 Å². The highest BCUT2D eigenvalue weighted by Crippen LogP contribution is 2.12. The van der Waals surface area contributed by atoms with E-state index in [0.29, 0.717) is 6.61 Å². The van der Waals surface area contributed by atoms with E-state index in [9.17, 15) is 5.11 Å². The molecule has 90 valence electrons. The highest BCUT2D eigenvalue weighted by atomic mass is 16.5. The predicted molar refractivity (Wildman–Crippen MR) is 66.3 cm³/mol. The van der Waals surface area contributed by atoms with Crippen molar-refractivity contribution in [3.05, 3.63) is 35.9 Å². The molecule has 0 aliphatic heterocycles. The molecule has 0 radical (unpaired) electrons. The normalized spacial score (nSPS) is 13.0. The Bertz CT molecular complexity index is 269. The van der Waals surface area contributed by atoms with Gasteiger partial charge in [0.1, 0.15) is 6.10 Å². The van der Waals surface area contributed by atoms with E-state index in [1.54, 1.807) is 0 Å². The van der Waals surface area contributed by atoms with Crippen LogP contribution in [0, 0.1) is 5.92 Å². The average Bonchev–Trinajstić information content (AvgIpc) is 2.29. The molecule has 0 bridgehead atoms. The molecule has 0 saturated heterocycles. The molecule has 1 N–H and O–H groups in total. The summed E-state index contributed by atoms with van der Waals surface area (Å²) in [6.45, 7) is 5.54. The second-order valence-corrected chi connectivity index (χ2v) is 4.54. The van der Waals surface area contributed by atoms with E-state index in [2.05, 4.69) is 13.8 Å². The first-order valence-corrected chi connectivity index (χ1v) is 6.01. The molecule has 0 fully saturated rings. The molecule has 1 aromatic carbocycles. The van der Waals surface area contributed by atoms with Crippen LogP contribution in [-0.4, -0.2) is 18.3 Å². The van der Waals surface area contributed by atoms with Crippen LogP contribution in [0.4, 0.5) is 0 Å². The molecular weight excluding hydrogens is 200 g/mol. The fraction of sp³-hybridized carbons (Fsp3) is 0.571. The minimum atomic E-state index is -0.500. The first-order valence-electron chi connectivity index (χ1n) is 6.01. The predicted octanol–water partition coefficient (Wildman–Crippen LogP) is 3.17. The van der Waals surface area contributed by atoms with Crippen molar-refractivity contribution in [1.29, 1.82) is 0 Å². The molecule has 0 aliphatic rings. The van der Waals surface area contributed by atoms with Gasteiger partial charge in [0.15, 0.2) is 0 Å². The van der Waals surface area contributed by atoms with E-state index >= 15 is 0 Å². The SMILES string of the molecule is CC(C)CCCOCC(O)c1ccccc1. The zero-order valence-corrected chi connectivity index (χ0v) is 10.2. The van der Waals surface area contributed by atoms with Crippen molar-refractivity contribution in [3.8, 4) is 0 Å². The number of rotatable bonds is 7. The molecule has 0 amide bonds. The smallest absolute Gasteiger partial charge is 0.102 e. The molecule has 0 heterocycles. The second kappa shape index (κ2) is 7.42. The lowest BCUT2D eigenvalue weighted by Crippen LogP contribution is -2.08. The van der Waals surface area contributed by atoms with Crippen LogP contribution < -0.4 is 0 Å². The number of aliphatic hydroxyl groups is 1. The molecule has 2 heteroatoms. The van der Waals surface area contributed by atoms with Crippen LogP contribution in [0.1, 0.15) is 38.4 Å². The number of hydrogen-bond acceptors (Lipinski definition) is 2. The zero-order valence-electron chi connectivity index (χ0n) is 10.2. The summed E-state index contributed by atoms with van der Waals surface area (Å²) in [5.74, 6) is 0.725. The van der Waals surface area contributed by atoms with Crippen LogP contribution >= 0.6 is 0 Å². The number of ether oxygens (including phenoxy) is 1. The van der Waals surface area contributed by atoms with E-state index in [1.807, 2.05) is 30.3 Å². The van der Waals surface area contributed by atoms with Gasteiger partial charge in [-0.15, -0.1) is 0 Å². The van der Waals surface area contributed by atoms with Crippen LogP contribution in [0.25, 0.3) is 0 Å². The molecule has 1 aromatic rings. The third kappa shape index (κ3) is 5.29. The summed E-state index contributed by atoms with van der Waals surface area (Å²) < 4.78 is 5.45. The lowest BCUT2D eigenvalue weighted by molar-refractivity contribution is 0.0338. The molecule has 0 aromatic heterocycles. The minimum absolute atomic E-state index is 0.391. The summed E-state index contributed by atoms with van der Waals surface area (Å²) in [5.41, 5.74) is 0.923. The molecular formula is C14H22O2. The Morgan fingerprint density at radius 1 is 1.19 bits per heavy atom. The van der Waals surface area contributed by atoms with Crippen molar-refractivity contribution in [2.75, 3.05) is 13.2 Å². The van der Waals surface area contributed by atoms with E-state index in [4.69, 9.17) is 4.74 Å². The van der Waals surface area contributed by atoms with Gasteiger partial charge in [0.25, 0.3) is 0 Å². The quantitative estimate of drug-likeness (QED) is 0.718. The summed E-state index contributed by atoms with van der Waals surface area (Å²) in [5, 5.41) is 9.80. The van der Waals surface area contributed by atoms with Gasteiger partial charge in [-0.25, -0.2) is 0 Å². The highest BCUT2D eigenvalue weighted by molar-refractivity contribution is 5.17. The largest absolute Gasteiger partial charge is 0.386 e. The van der Waals surface area contributed by atoms with Crippen LogP contribution in [0.3, 0.4) is 0 Å². The summed E-state index contributed by atoms with van der Waals surface area (Å²) in [6.07, 6.45) is 1.75. The minimum Gasteiger partial charge on any atom is -0.386 e. The molecule has 16 heavy (non-hydrogen) atoms. The Balaban J connectivity index is 2.14. The maximum Gasteiger partial charge on any atom is 0.102 e. The summed E-state index contributed by atoms with van der Waals surface area (Å²) in [4.78, 5) is 0. The fourth-order valence-electron chi connectivity index (χ4n) is 1.56. The Hall–Kier alpha value is -0.860. The standard InChI is InChI=1S/C14H22O2/c1-12(2)7-6-10-16-11-14(15)13-8-4-3-5-9-13/h3-5,8-9,12,14-15H,6-7,10-11H2,1-2H3. The van der Waals surface area contributed by atoms with E-state index in [1.165, 1.54) is 6.42 Å². The Morgan fingerprint density at radius 2 is 1.88 bits per heavy atom. The first-order chi connectivity index (χ1) is 7.70. The number of hydrogen-bond donors (Lipinski definition) is 1. The van der Waals surface area contributed by atoms with Gasteiger partial charge >= 0.3 is 0 Å². The molecule has 1 atom stereocenters. The van der Waals surface area contributed by atoms with Crippen molar-refractivity contribution >= 4 is 0 Å². The zero-order chi connectivity index (χ0) is 11.8. The number of benzene rings is 1. The third-order valence-electron chi connectivity index (χ3n) is 2.53. The monoisotopic (exact) mass is 222 g/mol. The Labute approximate surface area is 98.3 Å². The molecule has 0 aliphatic carbocycles. The summed E-state index contributed by atoms with van der Waals surface area (Å²) in [7, 11) is 0. The Kier molecular flexibility index (Phi) is 6.12. The maximum atomic E-state index is 9.80. The van der Waals surface area contributed by atoms with Gasteiger partial charge in [0.05, 0.1) is 6.61 Å². The highest BCUT2D eigenvalue weighted by Gasteiger charge is 2.06. The van der Waals surface area contributed by atoms with Crippen molar-refractivity contribution in [2.24, 2.45) is 5.92 Å². The van der Waals surface area contributed by atoms with Gasteiger partial charge in [0.2, 0.25) is 0 Å². The van der Waals surface area contributed by atoms with E-state index < -0.39 is 6.10 Å². The van der Waals surface area contributed by atoms with Crippen LogP contribution in [0.5, 0.6) is 0 Å². The molecule has 1 rings (SSSR count). The van der Waals surface area contributed by atoms with Crippen LogP contribution in [-0.2, 0) is 4.74 Å².